The zero-order chi connectivity index (χ0) is 15.5. The summed E-state index contributed by atoms with van der Waals surface area (Å²) in [6.07, 6.45) is 1.75. The molecule has 22 heavy (non-hydrogen) atoms. The van der Waals surface area contributed by atoms with E-state index in [1.165, 1.54) is 0 Å². The van der Waals surface area contributed by atoms with Crippen LogP contribution in [0, 0.1) is 6.92 Å². The molecule has 3 rings (SSSR count). The number of carbonyl (C=O) groups is 1. The van der Waals surface area contributed by atoms with Gasteiger partial charge in [-0.3, -0.25) is 4.79 Å². The SMILES string of the molecule is Cc1nc2c(OCc3ccccc3)cccn2c1CC(=O)O. The predicted molar refractivity (Wildman–Crippen MR) is 82.0 cm³/mol. The van der Waals surface area contributed by atoms with Crippen molar-refractivity contribution in [1.82, 2.24) is 9.38 Å². The van der Waals surface area contributed by atoms with E-state index in [4.69, 9.17) is 9.84 Å². The van der Waals surface area contributed by atoms with E-state index in [2.05, 4.69) is 4.98 Å². The molecule has 0 radical (unpaired) electrons. The zero-order valence-electron chi connectivity index (χ0n) is 12.2. The van der Waals surface area contributed by atoms with Crippen LogP contribution < -0.4 is 4.74 Å². The van der Waals surface area contributed by atoms with Crippen LogP contribution in [0.5, 0.6) is 5.75 Å². The van der Waals surface area contributed by atoms with Gasteiger partial charge in [-0.05, 0) is 24.6 Å². The van der Waals surface area contributed by atoms with E-state index >= 15 is 0 Å². The molecule has 0 aliphatic carbocycles. The molecule has 5 nitrogen and oxygen atoms in total. The van der Waals surface area contributed by atoms with Crippen molar-refractivity contribution < 1.29 is 14.6 Å². The van der Waals surface area contributed by atoms with Crippen LogP contribution in [0.1, 0.15) is 17.0 Å². The summed E-state index contributed by atoms with van der Waals surface area (Å²) in [6.45, 7) is 2.26. The number of benzene rings is 1. The van der Waals surface area contributed by atoms with E-state index in [-0.39, 0.29) is 6.42 Å². The molecule has 0 spiro atoms. The molecule has 2 heterocycles. The van der Waals surface area contributed by atoms with Gasteiger partial charge in [0.2, 0.25) is 0 Å². The molecule has 2 aromatic heterocycles. The lowest BCUT2D eigenvalue weighted by atomic mass is 10.2. The molecule has 0 amide bonds. The van der Waals surface area contributed by atoms with Gasteiger partial charge < -0.3 is 14.2 Å². The highest BCUT2D eigenvalue weighted by Gasteiger charge is 2.14. The molecule has 1 N–H and O–H groups in total. The Kier molecular flexibility index (Phi) is 3.78. The molecule has 0 bridgehead atoms. The van der Waals surface area contributed by atoms with Crippen LogP contribution in [0.4, 0.5) is 0 Å². The Bertz CT molecular complexity index is 809. The van der Waals surface area contributed by atoms with Gasteiger partial charge in [0.25, 0.3) is 0 Å². The summed E-state index contributed by atoms with van der Waals surface area (Å²) in [5.74, 6) is -0.230. The minimum absolute atomic E-state index is 0.0604. The standard InChI is InChI=1S/C17H16N2O3/c1-12-14(10-16(20)21)19-9-5-8-15(17(19)18-12)22-11-13-6-3-2-4-7-13/h2-9H,10-11H2,1H3,(H,20,21). The molecule has 0 saturated carbocycles. The van der Waals surface area contributed by atoms with Crippen LogP contribution in [0.15, 0.2) is 48.7 Å². The molecule has 0 fully saturated rings. The van der Waals surface area contributed by atoms with Crippen LogP contribution in [0.3, 0.4) is 0 Å². The van der Waals surface area contributed by atoms with Crippen LogP contribution in [0.2, 0.25) is 0 Å². The number of imidazole rings is 1. The number of hydrogen-bond donors (Lipinski definition) is 1. The van der Waals surface area contributed by atoms with Gasteiger partial charge in [-0.2, -0.15) is 0 Å². The summed E-state index contributed by atoms with van der Waals surface area (Å²) in [4.78, 5) is 15.4. The average Bonchev–Trinajstić information content (AvgIpc) is 2.82. The number of aromatic nitrogens is 2. The minimum atomic E-state index is -0.875. The lowest BCUT2D eigenvalue weighted by Crippen LogP contribution is -2.05. The maximum atomic E-state index is 11.0. The van der Waals surface area contributed by atoms with Crippen LogP contribution >= 0.6 is 0 Å². The smallest absolute Gasteiger partial charge is 0.309 e. The number of nitrogens with zero attached hydrogens (tertiary/aromatic N) is 2. The second-order valence-corrected chi connectivity index (χ2v) is 5.05. The summed E-state index contributed by atoms with van der Waals surface area (Å²) < 4.78 is 7.63. The highest BCUT2D eigenvalue weighted by molar-refractivity contribution is 5.71. The van der Waals surface area contributed by atoms with E-state index in [0.717, 1.165) is 5.56 Å². The minimum Gasteiger partial charge on any atom is -0.485 e. The van der Waals surface area contributed by atoms with E-state index in [1.54, 1.807) is 4.40 Å². The van der Waals surface area contributed by atoms with Gasteiger partial charge in [-0.15, -0.1) is 0 Å². The quantitative estimate of drug-likeness (QED) is 0.786. The fraction of sp³-hybridized carbons (Fsp3) is 0.176. The number of rotatable bonds is 5. The van der Waals surface area contributed by atoms with E-state index in [0.29, 0.717) is 29.4 Å². The van der Waals surface area contributed by atoms with Crippen molar-refractivity contribution in [3.63, 3.8) is 0 Å². The third kappa shape index (κ3) is 2.79. The topological polar surface area (TPSA) is 63.8 Å². The Morgan fingerprint density at radius 1 is 1.23 bits per heavy atom. The van der Waals surface area contributed by atoms with Gasteiger partial charge in [0.15, 0.2) is 11.4 Å². The lowest BCUT2D eigenvalue weighted by Gasteiger charge is -2.08. The molecule has 3 aromatic rings. The first kappa shape index (κ1) is 14.1. The Balaban J connectivity index is 1.92. The summed E-state index contributed by atoms with van der Waals surface area (Å²) >= 11 is 0. The molecule has 0 saturated heterocycles. The summed E-state index contributed by atoms with van der Waals surface area (Å²) in [5, 5.41) is 9.02. The zero-order valence-corrected chi connectivity index (χ0v) is 12.2. The summed E-state index contributed by atoms with van der Waals surface area (Å²) in [7, 11) is 0. The first-order valence-electron chi connectivity index (χ1n) is 7.00. The fourth-order valence-corrected chi connectivity index (χ4v) is 2.41. The molecule has 5 heteroatoms. The molecular formula is C17H16N2O3. The molecule has 1 aromatic carbocycles. The first-order valence-corrected chi connectivity index (χ1v) is 7.00. The second-order valence-electron chi connectivity index (χ2n) is 5.05. The maximum Gasteiger partial charge on any atom is 0.309 e. The summed E-state index contributed by atoms with van der Waals surface area (Å²) in [6, 6.07) is 13.5. The highest BCUT2D eigenvalue weighted by Crippen LogP contribution is 2.23. The number of aliphatic carboxylic acids is 1. The van der Waals surface area contributed by atoms with Crippen molar-refractivity contribution >= 4 is 11.6 Å². The number of fused-ring (bicyclic) bond motifs is 1. The number of aryl methyl sites for hydroxylation is 1. The Labute approximate surface area is 127 Å². The fourth-order valence-electron chi connectivity index (χ4n) is 2.41. The molecule has 0 aliphatic rings. The van der Waals surface area contributed by atoms with Crippen LogP contribution in [-0.2, 0) is 17.8 Å². The van der Waals surface area contributed by atoms with Crippen molar-refractivity contribution in [3.8, 4) is 5.75 Å². The van der Waals surface area contributed by atoms with Gasteiger partial charge in [0.1, 0.15) is 6.61 Å². The van der Waals surface area contributed by atoms with Crippen molar-refractivity contribution in [2.24, 2.45) is 0 Å². The first-order chi connectivity index (χ1) is 10.6. The normalized spacial score (nSPS) is 10.8. The number of ether oxygens (including phenoxy) is 1. The van der Waals surface area contributed by atoms with Crippen molar-refractivity contribution in [2.45, 2.75) is 20.0 Å². The van der Waals surface area contributed by atoms with Gasteiger partial charge in [0, 0.05) is 6.20 Å². The van der Waals surface area contributed by atoms with Crippen molar-refractivity contribution in [1.29, 1.82) is 0 Å². The molecule has 0 aliphatic heterocycles. The predicted octanol–water partition coefficient (Wildman–Crippen LogP) is 2.85. The lowest BCUT2D eigenvalue weighted by molar-refractivity contribution is -0.136. The van der Waals surface area contributed by atoms with E-state index in [9.17, 15) is 4.79 Å². The monoisotopic (exact) mass is 296 g/mol. The molecule has 0 atom stereocenters. The van der Waals surface area contributed by atoms with Gasteiger partial charge in [0.05, 0.1) is 17.8 Å². The third-order valence-electron chi connectivity index (χ3n) is 3.47. The van der Waals surface area contributed by atoms with E-state index < -0.39 is 5.97 Å². The highest BCUT2D eigenvalue weighted by atomic mass is 16.5. The Hall–Kier alpha value is -2.82. The summed E-state index contributed by atoms with van der Waals surface area (Å²) in [5.41, 5.74) is 3.09. The average molecular weight is 296 g/mol. The van der Waals surface area contributed by atoms with Gasteiger partial charge in [-0.1, -0.05) is 30.3 Å². The van der Waals surface area contributed by atoms with Crippen LogP contribution in [-0.4, -0.2) is 20.5 Å². The Morgan fingerprint density at radius 3 is 2.73 bits per heavy atom. The number of carboxylic acids is 1. The third-order valence-corrected chi connectivity index (χ3v) is 3.47. The maximum absolute atomic E-state index is 11.0. The van der Waals surface area contributed by atoms with Gasteiger partial charge in [-0.25, -0.2) is 4.98 Å². The molecular weight excluding hydrogens is 280 g/mol. The van der Waals surface area contributed by atoms with Crippen molar-refractivity contribution in [2.75, 3.05) is 0 Å². The number of pyridine rings is 1. The molecule has 0 unspecified atom stereocenters. The second kappa shape index (κ2) is 5.89. The number of carboxylic acid groups (broad SMARTS) is 1. The largest absolute Gasteiger partial charge is 0.485 e. The Morgan fingerprint density at radius 2 is 2.00 bits per heavy atom. The molecule has 112 valence electrons. The van der Waals surface area contributed by atoms with Crippen LogP contribution in [0.25, 0.3) is 5.65 Å². The van der Waals surface area contributed by atoms with Crippen molar-refractivity contribution in [3.05, 3.63) is 65.6 Å². The van der Waals surface area contributed by atoms with E-state index in [1.807, 2.05) is 55.6 Å². The van der Waals surface area contributed by atoms with Gasteiger partial charge >= 0.3 is 5.97 Å². The number of hydrogen-bond acceptors (Lipinski definition) is 3.